The van der Waals surface area contributed by atoms with E-state index < -0.39 is 0 Å². The molecule has 5 heteroatoms. The molecule has 0 saturated carbocycles. The molecule has 0 N–H and O–H groups in total. The Morgan fingerprint density at radius 2 is 1.91 bits per heavy atom. The number of rotatable bonds is 1. The van der Waals surface area contributed by atoms with Crippen LogP contribution in [0.25, 0.3) is 0 Å². The molecule has 2 rings (SSSR count). The van der Waals surface area contributed by atoms with Gasteiger partial charge in [-0.3, -0.25) is 4.79 Å². The van der Waals surface area contributed by atoms with Gasteiger partial charge in [0, 0.05) is 27.7 Å². The Kier molecular flexibility index (Phi) is 4.78. The molecule has 0 spiro atoms. The molecular weight excluding hydrogens is 360 g/mol. The summed E-state index contributed by atoms with van der Waals surface area (Å²) in [4.78, 5) is 18.9. The third-order valence-corrected chi connectivity index (χ3v) is 6.21. The van der Waals surface area contributed by atoms with E-state index in [0.29, 0.717) is 5.56 Å². The maximum absolute atomic E-state index is 12.5. The van der Waals surface area contributed by atoms with Crippen molar-refractivity contribution >= 4 is 33.2 Å². The summed E-state index contributed by atoms with van der Waals surface area (Å²) < 4.78 is 2.92. The predicted molar refractivity (Wildman–Crippen MR) is 95.5 cm³/mol. The van der Waals surface area contributed by atoms with Crippen LogP contribution < -0.4 is 4.80 Å². The summed E-state index contributed by atoms with van der Waals surface area (Å²) in [6, 6.07) is 5.61. The molecule has 0 saturated heterocycles. The molecule has 0 atom stereocenters. The Morgan fingerprint density at radius 3 is 2.45 bits per heavy atom. The van der Waals surface area contributed by atoms with E-state index in [2.05, 4.69) is 48.6 Å². The number of aromatic nitrogens is 1. The fourth-order valence-corrected chi connectivity index (χ4v) is 3.85. The number of hydrogen-bond donors (Lipinski definition) is 0. The maximum Gasteiger partial charge on any atom is 0.279 e. The first-order chi connectivity index (χ1) is 10.1. The second-order valence-corrected chi connectivity index (χ2v) is 8.27. The van der Waals surface area contributed by atoms with E-state index in [0.717, 1.165) is 20.5 Å². The molecule has 0 radical (unpaired) electrons. The Bertz CT molecular complexity index is 794. The van der Waals surface area contributed by atoms with Crippen molar-refractivity contribution in [3.8, 4) is 0 Å². The minimum absolute atomic E-state index is 0.0506. The van der Waals surface area contributed by atoms with Gasteiger partial charge in [-0.1, -0.05) is 42.8 Å². The predicted octanol–water partition coefficient (Wildman–Crippen LogP) is 4.50. The molecule has 1 aromatic carbocycles. The van der Waals surface area contributed by atoms with Crippen LogP contribution in [0.1, 0.15) is 47.3 Å². The topological polar surface area (TPSA) is 34.4 Å². The number of carbonyl (C=O) groups excluding carboxylic acids is 1. The molecule has 0 aliphatic carbocycles. The van der Waals surface area contributed by atoms with E-state index in [4.69, 9.17) is 0 Å². The summed E-state index contributed by atoms with van der Waals surface area (Å²) in [6.45, 7) is 10.5. The fraction of sp³-hybridized carbons (Fsp3) is 0.412. The first kappa shape index (κ1) is 17.2. The Labute approximate surface area is 143 Å². The van der Waals surface area contributed by atoms with Crippen LogP contribution in [0.2, 0.25) is 0 Å². The maximum atomic E-state index is 12.5. The first-order valence-electron chi connectivity index (χ1n) is 7.14. The molecule has 0 fully saturated rings. The summed E-state index contributed by atoms with van der Waals surface area (Å²) in [5.41, 5.74) is 2.77. The minimum atomic E-state index is -0.198. The van der Waals surface area contributed by atoms with Crippen LogP contribution in [0.15, 0.2) is 27.7 Å². The number of hydrogen-bond acceptors (Lipinski definition) is 2. The molecule has 1 aromatic heterocycles. The lowest BCUT2D eigenvalue weighted by molar-refractivity contribution is 0.0997. The van der Waals surface area contributed by atoms with Gasteiger partial charge in [-0.25, -0.2) is 0 Å². The van der Waals surface area contributed by atoms with E-state index in [1.807, 2.05) is 36.7 Å². The molecular formula is C17H21BrN2OS. The molecule has 0 aliphatic heterocycles. The van der Waals surface area contributed by atoms with Crippen molar-refractivity contribution in [3.05, 3.63) is 49.2 Å². The minimum Gasteiger partial charge on any atom is -0.324 e. The van der Waals surface area contributed by atoms with Gasteiger partial charge in [0.05, 0.1) is 0 Å². The summed E-state index contributed by atoms with van der Waals surface area (Å²) in [5.74, 6) is -0.198. The molecule has 22 heavy (non-hydrogen) atoms. The second-order valence-electron chi connectivity index (χ2n) is 6.44. The summed E-state index contributed by atoms with van der Waals surface area (Å²) in [7, 11) is 1.96. The van der Waals surface area contributed by atoms with Crippen molar-refractivity contribution in [2.75, 3.05) is 0 Å². The number of amides is 1. The zero-order chi connectivity index (χ0) is 16.7. The monoisotopic (exact) mass is 380 g/mol. The van der Waals surface area contributed by atoms with Gasteiger partial charge in [0.25, 0.3) is 5.91 Å². The van der Waals surface area contributed by atoms with Gasteiger partial charge in [0.15, 0.2) is 4.80 Å². The highest BCUT2D eigenvalue weighted by Crippen LogP contribution is 2.28. The molecule has 0 unspecified atom stereocenters. The number of benzene rings is 1. The summed E-state index contributed by atoms with van der Waals surface area (Å²) in [5, 5.41) is 0. The fourth-order valence-electron chi connectivity index (χ4n) is 2.31. The smallest absolute Gasteiger partial charge is 0.279 e. The average molecular weight is 381 g/mol. The van der Waals surface area contributed by atoms with Crippen LogP contribution in [-0.4, -0.2) is 10.5 Å². The molecule has 2 aromatic rings. The SMILES string of the molecule is Cc1c(Br)cccc1C(=O)N=c1sc(C(C)(C)C)c(C)n1C. The Hall–Kier alpha value is -1.20. The van der Waals surface area contributed by atoms with E-state index in [-0.39, 0.29) is 11.3 Å². The van der Waals surface area contributed by atoms with Gasteiger partial charge in [-0.05, 0) is 37.0 Å². The number of thiazole rings is 1. The highest BCUT2D eigenvalue weighted by Gasteiger charge is 2.21. The largest absolute Gasteiger partial charge is 0.324 e. The Morgan fingerprint density at radius 1 is 1.27 bits per heavy atom. The highest BCUT2D eigenvalue weighted by atomic mass is 79.9. The Balaban J connectivity index is 2.55. The van der Waals surface area contributed by atoms with Crippen LogP contribution in [0, 0.1) is 13.8 Å². The lowest BCUT2D eigenvalue weighted by atomic mass is 9.93. The second kappa shape index (κ2) is 6.13. The van der Waals surface area contributed by atoms with Crippen molar-refractivity contribution in [1.29, 1.82) is 0 Å². The lowest BCUT2D eigenvalue weighted by Crippen LogP contribution is -2.15. The number of halogens is 1. The van der Waals surface area contributed by atoms with Gasteiger partial charge in [0.2, 0.25) is 0 Å². The van der Waals surface area contributed by atoms with Crippen LogP contribution in [0.5, 0.6) is 0 Å². The summed E-state index contributed by atoms with van der Waals surface area (Å²) in [6.07, 6.45) is 0. The molecule has 1 amide bonds. The van der Waals surface area contributed by atoms with Crippen LogP contribution in [0.3, 0.4) is 0 Å². The van der Waals surface area contributed by atoms with E-state index in [1.54, 1.807) is 11.3 Å². The van der Waals surface area contributed by atoms with Gasteiger partial charge >= 0.3 is 0 Å². The standard InChI is InChI=1S/C17H21BrN2OS/c1-10-12(8-7-9-13(10)18)15(21)19-16-20(6)11(2)14(22-16)17(3,4)5/h7-9H,1-6H3. The van der Waals surface area contributed by atoms with E-state index >= 15 is 0 Å². The van der Waals surface area contributed by atoms with Gasteiger partial charge in [-0.2, -0.15) is 4.99 Å². The molecule has 1 heterocycles. The van der Waals surface area contributed by atoms with Crippen LogP contribution >= 0.6 is 27.3 Å². The number of nitrogens with zero attached hydrogens (tertiary/aromatic N) is 2. The van der Waals surface area contributed by atoms with Crippen molar-refractivity contribution in [2.45, 2.75) is 40.0 Å². The first-order valence-corrected chi connectivity index (χ1v) is 8.75. The molecule has 0 aliphatic rings. The molecule has 0 bridgehead atoms. The van der Waals surface area contributed by atoms with E-state index in [9.17, 15) is 4.79 Å². The van der Waals surface area contributed by atoms with E-state index in [1.165, 1.54) is 4.88 Å². The van der Waals surface area contributed by atoms with Crippen LogP contribution in [0.4, 0.5) is 0 Å². The summed E-state index contributed by atoms with van der Waals surface area (Å²) >= 11 is 5.05. The average Bonchev–Trinajstić information content (AvgIpc) is 2.70. The van der Waals surface area contributed by atoms with Crippen molar-refractivity contribution < 1.29 is 4.79 Å². The van der Waals surface area contributed by atoms with Gasteiger partial charge in [0.1, 0.15) is 0 Å². The zero-order valence-corrected chi connectivity index (χ0v) is 16.2. The quantitative estimate of drug-likeness (QED) is 0.716. The normalized spacial score (nSPS) is 12.8. The van der Waals surface area contributed by atoms with Gasteiger partial charge in [-0.15, -0.1) is 11.3 Å². The lowest BCUT2D eigenvalue weighted by Gasteiger charge is -2.17. The highest BCUT2D eigenvalue weighted by molar-refractivity contribution is 9.10. The molecule has 118 valence electrons. The number of carbonyl (C=O) groups is 1. The van der Waals surface area contributed by atoms with Crippen LogP contribution in [-0.2, 0) is 12.5 Å². The van der Waals surface area contributed by atoms with Gasteiger partial charge < -0.3 is 4.57 Å². The molecule has 3 nitrogen and oxygen atoms in total. The van der Waals surface area contributed by atoms with Crippen molar-refractivity contribution in [2.24, 2.45) is 12.0 Å². The van der Waals surface area contributed by atoms with Crippen molar-refractivity contribution in [3.63, 3.8) is 0 Å². The zero-order valence-electron chi connectivity index (χ0n) is 13.8. The third kappa shape index (κ3) is 3.25. The van der Waals surface area contributed by atoms with Crippen molar-refractivity contribution in [1.82, 2.24) is 4.57 Å². The third-order valence-electron chi connectivity index (χ3n) is 3.69.